The number of carbonyl (C=O) groups is 2. The van der Waals surface area contributed by atoms with Crippen molar-refractivity contribution in [3.05, 3.63) is 0 Å². The first-order valence-corrected chi connectivity index (χ1v) is 6.10. The summed E-state index contributed by atoms with van der Waals surface area (Å²) in [7, 11) is 1.36. The van der Waals surface area contributed by atoms with Gasteiger partial charge in [-0.05, 0) is 25.7 Å². The minimum atomic E-state index is -0.444. The van der Waals surface area contributed by atoms with Gasteiger partial charge in [0.1, 0.15) is 6.04 Å². The van der Waals surface area contributed by atoms with Gasteiger partial charge < -0.3 is 10.1 Å². The molecule has 1 fully saturated rings. The average Bonchev–Trinajstić information content (AvgIpc) is 3.07. The molecule has 17 heavy (non-hydrogen) atoms. The Hall–Kier alpha value is -1.10. The number of hydrogen-bond acceptors (Lipinski definition) is 4. The highest BCUT2D eigenvalue weighted by Gasteiger charge is 2.29. The normalized spacial score (nSPS) is 18.6. The molecule has 0 aromatic rings. The third-order valence-electron chi connectivity index (χ3n) is 2.87. The van der Waals surface area contributed by atoms with Gasteiger partial charge in [0.15, 0.2) is 0 Å². The summed E-state index contributed by atoms with van der Waals surface area (Å²) in [6.07, 6.45) is 2.12. The van der Waals surface area contributed by atoms with Crippen LogP contribution in [0, 0.1) is 5.92 Å². The van der Waals surface area contributed by atoms with Crippen LogP contribution in [0.5, 0.6) is 0 Å². The maximum atomic E-state index is 11.7. The molecule has 1 aliphatic rings. The lowest BCUT2D eigenvalue weighted by molar-refractivity contribution is -0.144. The van der Waals surface area contributed by atoms with Gasteiger partial charge in [-0.1, -0.05) is 13.8 Å². The van der Waals surface area contributed by atoms with Gasteiger partial charge in [0.2, 0.25) is 5.91 Å². The summed E-state index contributed by atoms with van der Waals surface area (Å²) in [5.74, 6) is -0.299. The van der Waals surface area contributed by atoms with E-state index in [1.165, 1.54) is 7.11 Å². The highest BCUT2D eigenvalue weighted by molar-refractivity contribution is 5.83. The summed E-state index contributed by atoms with van der Waals surface area (Å²) in [6, 6.07) is -0.496. The molecule has 1 saturated carbocycles. The van der Waals surface area contributed by atoms with Gasteiger partial charge in [0, 0.05) is 6.04 Å². The summed E-state index contributed by atoms with van der Waals surface area (Å²) < 4.78 is 4.71. The van der Waals surface area contributed by atoms with Crippen LogP contribution < -0.4 is 10.6 Å². The van der Waals surface area contributed by atoms with Crippen molar-refractivity contribution in [2.45, 2.75) is 51.7 Å². The Morgan fingerprint density at radius 2 is 1.82 bits per heavy atom. The van der Waals surface area contributed by atoms with Crippen LogP contribution in [0.3, 0.4) is 0 Å². The number of esters is 1. The van der Waals surface area contributed by atoms with Crippen molar-refractivity contribution in [3.63, 3.8) is 0 Å². The van der Waals surface area contributed by atoms with E-state index < -0.39 is 6.04 Å². The number of nitrogens with one attached hydrogen (secondary N) is 2. The zero-order chi connectivity index (χ0) is 13.0. The van der Waals surface area contributed by atoms with Crippen molar-refractivity contribution >= 4 is 11.9 Å². The number of methoxy groups -OCH3 is 1. The molecule has 98 valence electrons. The topological polar surface area (TPSA) is 67.4 Å². The Kier molecular flexibility index (Phi) is 4.93. The summed E-state index contributed by atoms with van der Waals surface area (Å²) >= 11 is 0. The van der Waals surface area contributed by atoms with Gasteiger partial charge >= 0.3 is 5.97 Å². The van der Waals surface area contributed by atoms with E-state index in [2.05, 4.69) is 10.6 Å². The fourth-order valence-corrected chi connectivity index (χ4v) is 1.56. The van der Waals surface area contributed by atoms with E-state index in [9.17, 15) is 9.59 Å². The van der Waals surface area contributed by atoms with Crippen LogP contribution in [0.4, 0.5) is 0 Å². The van der Waals surface area contributed by atoms with E-state index in [-0.39, 0.29) is 23.8 Å². The molecular weight excluding hydrogens is 220 g/mol. The van der Waals surface area contributed by atoms with Gasteiger partial charge in [-0.2, -0.15) is 0 Å². The van der Waals surface area contributed by atoms with Crippen LogP contribution in [-0.4, -0.2) is 37.1 Å². The second-order valence-corrected chi connectivity index (χ2v) is 4.92. The third-order valence-corrected chi connectivity index (χ3v) is 2.87. The highest BCUT2D eigenvalue weighted by atomic mass is 16.5. The largest absolute Gasteiger partial charge is 0.468 e. The van der Waals surface area contributed by atoms with Crippen molar-refractivity contribution < 1.29 is 14.3 Å². The van der Waals surface area contributed by atoms with Crippen LogP contribution >= 0.6 is 0 Å². The molecule has 0 heterocycles. The molecule has 0 aromatic heterocycles. The lowest BCUT2D eigenvalue weighted by atomic mass is 10.0. The van der Waals surface area contributed by atoms with E-state index in [4.69, 9.17) is 4.74 Å². The first-order valence-electron chi connectivity index (χ1n) is 6.10. The van der Waals surface area contributed by atoms with Crippen LogP contribution in [-0.2, 0) is 14.3 Å². The maximum absolute atomic E-state index is 11.7. The number of carbonyl (C=O) groups excluding carboxylic acids is 2. The minimum Gasteiger partial charge on any atom is -0.468 e. The van der Waals surface area contributed by atoms with Crippen molar-refractivity contribution in [2.24, 2.45) is 5.92 Å². The van der Waals surface area contributed by atoms with Gasteiger partial charge in [-0.3, -0.25) is 14.9 Å². The molecule has 0 aliphatic heterocycles. The lowest BCUT2D eigenvalue weighted by Gasteiger charge is -2.23. The van der Waals surface area contributed by atoms with Crippen LogP contribution in [0.25, 0.3) is 0 Å². The summed E-state index contributed by atoms with van der Waals surface area (Å²) in [5.41, 5.74) is 0. The Bertz CT molecular complexity index is 287. The first-order chi connectivity index (χ1) is 7.95. The van der Waals surface area contributed by atoms with Crippen molar-refractivity contribution in [1.82, 2.24) is 10.6 Å². The van der Waals surface area contributed by atoms with Crippen molar-refractivity contribution in [1.29, 1.82) is 0 Å². The number of amides is 1. The third kappa shape index (κ3) is 4.34. The van der Waals surface area contributed by atoms with Gasteiger partial charge in [0.25, 0.3) is 0 Å². The molecule has 1 rings (SSSR count). The van der Waals surface area contributed by atoms with Crippen LogP contribution in [0.1, 0.15) is 33.6 Å². The smallest absolute Gasteiger partial charge is 0.323 e. The Balaban J connectivity index is 2.47. The van der Waals surface area contributed by atoms with Crippen LogP contribution in [0.2, 0.25) is 0 Å². The Morgan fingerprint density at radius 1 is 1.24 bits per heavy atom. The molecule has 0 bridgehead atoms. The second kappa shape index (κ2) is 6.00. The molecule has 0 spiro atoms. The fourth-order valence-electron chi connectivity index (χ4n) is 1.56. The second-order valence-electron chi connectivity index (χ2n) is 4.92. The summed E-state index contributed by atoms with van der Waals surface area (Å²) in [5, 5.41) is 5.91. The number of hydrogen-bond donors (Lipinski definition) is 2. The SMILES string of the molecule is COC(=O)C(NC(C)C(=O)NC1CC1)C(C)C. The summed E-state index contributed by atoms with van der Waals surface area (Å²) in [6.45, 7) is 5.59. The predicted molar refractivity (Wildman–Crippen MR) is 64.4 cm³/mol. The molecule has 0 radical (unpaired) electrons. The standard InChI is InChI=1S/C12H22N2O3/c1-7(2)10(12(16)17-4)13-8(3)11(15)14-9-5-6-9/h7-10,13H,5-6H2,1-4H3,(H,14,15). The first kappa shape index (κ1) is 14.0. The lowest BCUT2D eigenvalue weighted by Crippen LogP contribution is -2.52. The molecule has 5 heteroatoms. The predicted octanol–water partition coefficient (Wildman–Crippen LogP) is 0.441. The molecular formula is C12H22N2O3. The molecule has 0 saturated heterocycles. The molecule has 1 amide bonds. The van der Waals surface area contributed by atoms with Crippen LogP contribution in [0.15, 0.2) is 0 Å². The van der Waals surface area contributed by atoms with Gasteiger partial charge in [0.05, 0.1) is 13.2 Å². The fraction of sp³-hybridized carbons (Fsp3) is 0.833. The molecule has 2 N–H and O–H groups in total. The van der Waals surface area contributed by atoms with E-state index in [0.717, 1.165) is 12.8 Å². The molecule has 0 aromatic carbocycles. The average molecular weight is 242 g/mol. The van der Waals surface area contributed by atoms with Crippen molar-refractivity contribution in [3.8, 4) is 0 Å². The van der Waals surface area contributed by atoms with E-state index in [0.29, 0.717) is 6.04 Å². The maximum Gasteiger partial charge on any atom is 0.323 e. The van der Waals surface area contributed by atoms with Gasteiger partial charge in [-0.15, -0.1) is 0 Å². The number of rotatable bonds is 6. The molecule has 2 atom stereocenters. The van der Waals surface area contributed by atoms with E-state index in [1.54, 1.807) is 6.92 Å². The molecule has 1 aliphatic carbocycles. The van der Waals surface area contributed by atoms with Gasteiger partial charge in [-0.25, -0.2) is 0 Å². The Labute approximate surface area is 102 Å². The molecule has 5 nitrogen and oxygen atoms in total. The monoisotopic (exact) mass is 242 g/mol. The van der Waals surface area contributed by atoms with E-state index in [1.807, 2.05) is 13.8 Å². The van der Waals surface area contributed by atoms with E-state index >= 15 is 0 Å². The zero-order valence-corrected chi connectivity index (χ0v) is 10.9. The molecule has 2 unspecified atom stereocenters. The zero-order valence-electron chi connectivity index (χ0n) is 10.9. The number of ether oxygens (including phenoxy) is 1. The Morgan fingerprint density at radius 3 is 2.24 bits per heavy atom. The summed E-state index contributed by atoms with van der Waals surface area (Å²) in [4.78, 5) is 23.3. The minimum absolute atomic E-state index is 0.0537. The quantitative estimate of drug-likeness (QED) is 0.663. The highest BCUT2D eigenvalue weighted by Crippen LogP contribution is 2.18. The van der Waals surface area contributed by atoms with Crippen molar-refractivity contribution in [2.75, 3.05) is 7.11 Å².